The van der Waals surface area contributed by atoms with Crippen molar-refractivity contribution in [3.05, 3.63) is 274 Å². The van der Waals surface area contributed by atoms with Crippen LogP contribution in [0.2, 0.25) is 0 Å². The van der Waals surface area contributed by atoms with Gasteiger partial charge >= 0.3 is 0 Å². The molecule has 0 aliphatic heterocycles. The van der Waals surface area contributed by atoms with Crippen LogP contribution >= 0.6 is 0 Å². The van der Waals surface area contributed by atoms with Gasteiger partial charge in [0.05, 0.1) is 0 Å². The summed E-state index contributed by atoms with van der Waals surface area (Å²) in [6.07, 6.45) is 9.91. The second kappa shape index (κ2) is 18.3. The fourth-order valence-corrected chi connectivity index (χ4v) is 9.55. The Kier molecular flexibility index (Phi) is 11.6. The van der Waals surface area contributed by atoms with Gasteiger partial charge < -0.3 is 9.80 Å². The molecule has 0 atom stereocenters. The monoisotopic (exact) mass is 850 g/mol. The molecule has 0 N–H and O–H groups in total. The molecule has 0 amide bonds. The number of aryl methyl sites for hydroxylation is 2. The standard InChI is InChI=1S/C64H54N2/c1-46-25-39-60-61-40-32-50(44-63(61)64(3,4)62(60)41-46)43-53-45-51(33-26-48-28-35-58(36-29-48)65(54-17-9-5-10-18-54)55-19-11-6-12-20-55)47(2)42-52(53)34-27-49-30-37-59(38-31-49)66(56-21-13-7-14-22-56)57-23-15-8-16-24-57/h5-42,44-45H,43H2,1-4H3/b33-26+,34-27+. The molecular formula is C64H54N2. The number of hydrogen-bond donors (Lipinski definition) is 0. The average molecular weight is 851 g/mol. The Hall–Kier alpha value is -7.94. The molecule has 2 heteroatoms. The highest BCUT2D eigenvalue weighted by molar-refractivity contribution is 5.83. The van der Waals surface area contributed by atoms with Gasteiger partial charge in [0.25, 0.3) is 0 Å². The molecule has 0 saturated heterocycles. The zero-order valence-corrected chi connectivity index (χ0v) is 38.2. The van der Waals surface area contributed by atoms with E-state index in [-0.39, 0.29) is 5.41 Å². The summed E-state index contributed by atoms with van der Waals surface area (Å²) in [7, 11) is 0. The summed E-state index contributed by atoms with van der Waals surface area (Å²) in [4.78, 5) is 4.60. The van der Waals surface area contributed by atoms with E-state index in [1.807, 2.05) is 0 Å². The molecule has 0 bridgehead atoms. The maximum absolute atomic E-state index is 2.47. The second-order valence-corrected chi connectivity index (χ2v) is 18.0. The predicted octanol–water partition coefficient (Wildman–Crippen LogP) is 17.5. The molecule has 66 heavy (non-hydrogen) atoms. The third-order valence-corrected chi connectivity index (χ3v) is 13.1. The summed E-state index contributed by atoms with van der Waals surface area (Å²) in [6, 6.07) is 78.9. The van der Waals surface area contributed by atoms with Crippen LogP contribution in [0.5, 0.6) is 0 Å². The molecule has 0 spiro atoms. The zero-order chi connectivity index (χ0) is 45.0. The minimum absolute atomic E-state index is 0.0614. The third kappa shape index (κ3) is 8.66. The lowest BCUT2D eigenvalue weighted by molar-refractivity contribution is 0.659. The maximum atomic E-state index is 2.47. The normalized spacial score (nSPS) is 12.6. The lowest BCUT2D eigenvalue weighted by atomic mass is 9.81. The molecule has 0 radical (unpaired) electrons. The van der Waals surface area contributed by atoms with E-state index < -0.39 is 0 Å². The lowest BCUT2D eigenvalue weighted by Crippen LogP contribution is -2.15. The molecular weight excluding hydrogens is 797 g/mol. The van der Waals surface area contributed by atoms with Crippen molar-refractivity contribution in [2.75, 3.05) is 9.80 Å². The molecule has 9 aromatic rings. The van der Waals surface area contributed by atoms with Gasteiger partial charge in [-0.25, -0.2) is 0 Å². The molecule has 1 aliphatic carbocycles. The van der Waals surface area contributed by atoms with Crippen LogP contribution in [-0.4, -0.2) is 0 Å². The fraction of sp³-hybridized carbons (Fsp3) is 0.0938. The largest absolute Gasteiger partial charge is 0.311 e. The summed E-state index contributed by atoms with van der Waals surface area (Å²) in [5.74, 6) is 0. The third-order valence-electron chi connectivity index (χ3n) is 13.1. The summed E-state index contributed by atoms with van der Waals surface area (Å²) >= 11 is 0. The molecule has 0 saturated carbocycles. The zero-order valence-electron chi connectivity index (χ0n) is 38.2. The van der Waals surface area contributed by atoms with E-state index in [0.29, 0.717) is 0 Å². The number of nitrogens with zero attached hydrogens (tertiary/aromatic N) is 2. The predicted molar refractivity (Wildman–Crippen MR) is 283 cm³/mol. The SMILES string of the molecule is Cc1ccc2c(c1)C(C)(C)c1cc(Cc3cc(/C=C/c4ccc(N(c5ccccc5)c5ccccc5)cc4)c(C)cc3/C=C/c3ccc(N(c4ccccc4)c4ccccc4)cc3)ccc1-2. The van der Waals surface area contributed by atoms with Crippen molar-refractivity contribution in [1.29, 1.82) is 0 Å². The molecule has 320 valence electrons. The second-order valence-electron chi connectivity index (χ2n) is 18.0. The Bertz CT molecular complexity index is 3090. The van der Waals surface area contributed by atoms with Crippen LogP contribution in [0.3, 0.4) is 0 Å². The van der Waals surface area contributed by atoms with E-state index in [1.165, 1.54) is 55.6 Å². The van der Waals surface area contributed by atoms with Crippen molar-refractivity contribution in [3.63, 3.8) is 0 Å². The van der Waals surface area contributed by atoms with Crippen molar-refractivity contribution in [1.82, 2.24) is 0 Å². The van der Waals surface area contributed by atoms with Crippen LogP contribution in [0, 0.1) is 13.8 Å². The number of anilines is 6. The summed E-state index contributed by atoms with van der Waals surface area (Å²) < 4.78 is 0. The smallest absolute Gasteiger partial charge is 0.0462 e. The van der Waals surface area contributed by atoms with Gasteiger partial charge in [0.2, 0.25) is 0 Å². The van der Waals surface area contributed by atoms with Crippen molar-refractivity contribution in [2.24, 2.45) is 0 Å². The van der Waals surface area contributed by atoms with E-state index in [4.69, 9.17) is 0 Å². The molecule has 0 aromatic heterocycles. The van der Waals surface area contributed by atoms with Gasteiger partial charge in [0, 0.05) is 39.5 Å². The van der Waals surface area contributed by atoms with Gasteiger partial charge in [-0.3, -0.25) is 0 Å². The fourth-order valence-electron chi connectivity index (χ4n) is 9.55. The Morgan fingerprint density at radius 2 is 0.788 bits per heavy atom. The Balaban J connectivity index is 0.971. The van der Waals surface area contributed by atoms with Gasteiger partial charge in [0.15, 0.2) is 0 Å². The van der Waals surface area contributed by atoms with Crippen LogP contribution in [0.1, 0.15) is 69.5 Å². The summed E-state index contributed by atoms with van der Waals surface area (Å²) in [5, 5.41) is 0. The molecule has 0 unspecified atom stereocenters. The van der Waals surface area contributed by atoms with Crippen molar-refractivity contribution < 1.29 is 0 Å². The molecule has 0 fully saturated rings. The minimum atomic E-state index is -0.0614. The van der Waals surface area contributed by atoms with Gasteiger partial charge in [0.1, 0.15) is 0 Å². The highest BCUT2D eigenvalue weighted by atomic mass is 15.1. The lowest BCUT2D eigenvalue weighted by Gasteiger charge is -2.25. The Morgan fingerprint density at radius 3 is 1.26 bits per heavy atom. The van der Waals surface area contributed by atoms with Crippen LogP contribution in [0.25, 0.3) is 35.4 Å². The Morgan fingerprint density at radius 1 is 0.379 bits per heavy atom. The van der Waals surface area contributed by atoms with Crippen molar-refractivity contribution in [3.8, 4) is 11.1 Å². The van der Waals surface area contributed by atoms with Gasteiger partial charge in [-0.05, 0) is 154 Å². The quantitative estimate of drug-likeness (QED) is 0.113. The molecule has 1 aliphatic rings. The van der Waals surface area contributed by atoms with Crippen LogP contribution in [0.4, 0.5) is 34.1 Å². The maximum Gasteiger partial charge on any atom is 0.0462 e. The minimum Gasteiger partial charge on any atom is -0.311 e. The number of benzene rings is 9. The topological polar surface area (TPSA) is 6.48 Å². The van der Waals surface area contributed by atoms with Crippen molar-refractivity contribution in [2.45, 2.75) is 39.5 Å². The Labute approximate surface area is 391 Å². The molecule has 9 aromatic carbocycles. The first-order valence-electron chi connectivity index (χ1n) is 23.0. The van der Waals surface area contributed by atoms with E-state index >= 15 is 0 Å². The van der Waals surface area contributed by atoms with E-state index in [0.717, 1.165) is 51.7 Å². The number of rotatable bonds is 12. The van der Waals surface area contributed by atoms with Gasteiger partial charge in [-0.15, -0.1) is 0 Å². The van der Waals surface area contributed by atoms with Crippen LogP contribution < -0.4 is 9.80 Å². The van der Waals surface area contributed by atoms with Gasteiger partial charge in [-0.1, -0.05) is 189 Å². The molecule has 2 nitrogen and oxygen atoms in total. The first kappa shape index (κ1) is 42.0. The first-order chi connectivity index (χ1) is 32.3. The van der Waals surface area contributed by atoms with Gasteiger partial charge in [-0.2, -0.15) is 0 Å². The highest BCUT2D eigenvalue weighted by Crippen LogP contribution is 2.49. The number of hydrogen-bond acceptors (Lipinski definition) is 2. The van der Waals surface area contributed by atoms with E-state index in [1.54, 1.807) is 0 Å². The van der Waals surface area contributed by atoms with Crippen LogP contribution in [-0.2, 0) is 11.8 Å². The average Bonchev–Trinajstić information content (AvgIpc) is 3.57. The highest BCUT2D eigenvalue weighted by Gasteiger charge is 2.35. The summed E-state index contributed by atoms with van der Waals surface area (Å²) in [5.41, 5.74) is 22.2. The van der Waals surface area contributed by atoms with Crippen molar-refractivity contribution >= 4 is 58.4 Å². The first-order valence-corrected chi connectivity index (χ1v) is 23.0. The van der Waals surface area contributed by atoms with E-state index in [2.05, 4.69) is 280 Å². The number of fused-ring (bicyclic) bond motifs is 3. The molecule has 10 rings (SSSR count). The summed E-state index contributed by atoms with van der Waals surface area (Å²) in [6.45, 7) is 9.18. The molecule has 0 heterocycles. The van der Waals surface area contributed by atoms with E-state index in [9.17, 15) is 0 Å². The van der Waals surface area contributed by atoms with Crippen LogP contribution in [0.15, 0.2) is 218 Å². The number of para-hydroxylation sites is 4.